The summed E-state index contributed by atoms with van der Waals surface area (Å²) in [6, 6.07) is -1.11. The van der Waals surface area contributed by atoms with Crippen LogP contribution in [0, 0.1) is 0 Å². The van der Waals surface area contributed by atoms with Gasteiger partial charge < -0.3 is 18.9 Å². The first-order chi connectivity index (χ1) is 14.1. The first-order valence-corrected chi connectivity index (χ1v) is 12.3. The lowest BCUT2D eigenvalue weighted by molar-refractivity contribution is -0.145. The third-order valence-corrected chi connectivity index (χ3v) is 8.20. The summed E-state index contributed by atoms with van der Waals surface area (Å²) in [5, 5.41) is 0. The molecule has 0 unspecified atom stereocenters. The summed E-state index contributed by atoms with van der Waals surface area (Å²) in [6.07, 6.45) is 7.56. The van der Waals surface area contributed by atoms with Crippen molar-refractivity contribution in [2.75, 3.05) is 38.8 Å². The molecule has 162 valence electrons. The number of hydrogen-bond donors (Lipinski definition) is 0. The highest BCUT2D eigenvalue weighted by Gasteiger charge is 2.34. The minimum Gasteiger partial charge on any atom is -0.478 e. The van der Waals surface area contributed by atoms with E-state index in [0.717, 1.165) is 0 Å². The first-order valence-electron chi connectivity index (χ1n) is 10.6. The Labute approximate surface area is 173 Å². The van der Waals surface area contributed by atoms with Gasteiger partial charge in [0, 0.05) is 12.3 Å². The molecule has 1 fully saturated rings. The molecule has 2 heterocycles. The van der Waals surface area contributed by atoms with Crippen LogP contribution in [0.15, 0.2) is 9.98 Å². The molecule has 0 radical (unpaired) electrons. The van der Waals surface area contributed by atoms with Crippen LogP contribution in [0.1, 0.15) is 46.0 Å². The van der Waals surface area contributed by atoms with Gasteiger partial charge in [-0.15, -0.1) is 0 Å². The maximum atomic E-state index is 11.9. The van der Waals surface area contributed by atoms with Gasteiger partial charge in [0.25, 0.3) is 0 Å². The Balaban J connectivity index is 1.64. The van der Waals surface area contributed by atoms with Gasteiger partial charge in [-0.25, -0.2) is 19.6 Å². The van der Waals surface area contributed by atoms with Crippen LogP contribution in [0.25, 0.3) is 0 Å². The highest BCUT2D eigenvalue weighted by molar-refractivity contribution is 7.60. The summed E-state index contributed by atoms with van der Waals surface area (Å²) in [5.41, 5.74) is 0.597. The van der Waals surface area contributed by atoms with E-state index in [-0.39, 0.29) is 25.2 Å². The molecule has 9 heteroatoms. The summed E-state index contributed by atoms with van der Waals surface area (Å²) in [5.74, 6) is 0.621. The van der Waals surface area contributed by atoms with E-state index in [1.54, 1.807) is 13.8 Å². The monoisotopic (exact) mass is 426 g/mol. The summed E-state index contributed by atoms with van der Waals surface area (Å²) >= 11 is 0. The van der Waals surface area contributed by atoms with Crippen molar-refractivity contribution in [3.05, 3.63) is 0 Å². The molecular weight excluding hydrogens is 395 g/mol. The van der Waals surface area contributed by atoms with Gasteiger partial charge in [0.1, 0.15) is 13.2 Å². The molecule has 0 saturated heterocycles. The highest BCUT2D eigenvalue weighted by Crippen LogP contribution is 2.48. The Morgan fingerprint density at radius 2 is 1.38 bits per heavy atom. The van der Waals surface area contributed by atoms with Crippen molar-refractivity contribution in [1.29, 1.82) is 0 Å². The summed E-state index contributed by atoms with van der Waals surface area (Å²) < 4.78 is 21.5. The number of hydrogen-bond acceptors (Lipinski definition) is 8. The van der Waals surface area contributed by atoms with Gasteiger partial charge in [0.05, 0.1) is 13.2 Å². The van der Waals surface area contributed by atoms with E-state index >= 15 is 0 Å². The van der Waals surface area contributed by atoms with Crippen molar-refractivity contribution < 1.29 is 28.5 Å². The van der Waals surface area contributed by atoms with E-state index in [4.69, 9.17) is 18.9 Å². The second kappa shape index (κ2) is 10.9. The van der Waals surface area contributed by atoms with Gasteiger partial charge in [-0.3, -0.25) is 0 Å². The van der Waals surface area contributed by atoms with Crippen molar-refractivity contribution in [2.24, 2.45) is 9.98 Å². The number of nitrogens with zero attached hydrogens (tertiary/aromatic N) is 2. The predicted octanol–water partition coefficient (Wildman–Crippen LogP) is 2.52. The second-order valence-electron chi connectivity index (χ2n) is 7.40. The zero-order valence-corrected chi connectivity index (χ0v) is 18.2. The van der Waals surface area contributed by atoms with Crippen LogP contribution in [0.5, 0.6) is 0 Å². The topological polar surface area (TPSA) is 95.8 Å². The molecule has 0 aromatic heterocycles. The molecule has 8 nitrogen and oxygen atoms in total. The van der Waals surface area contributed by atoms with E-state index in [2.05, 4.69) is 9.98 Å². The summed E-state index contributed by atoms with van der Waals surface area (Å²) in [6.45, 7) is 4.76. The van der Waals surface area contributed by atoms with Crippen LogP contribution in [-0.4, -0.2) is 80.2 Å². The predicted molar refractivity (Wildman–Crippen MR) is 111 cm³/mol. The lowest BCUT2D eigenvalue weighted by atomic mass is 10.0. The Kier molecular flexibility index (Phi) is 8.28. The SMILES string of the molecule is CCOC(=O)[C@@H]1COC(CP(CC2=N[C@H](C(=O)OCC)CO2)C2CCCCC2)=N1. The fraction of sp³-hybridized carbons (Fsp3) is 0.800. The number of rotatable bonds is 9. The van der Waals surface area contributed by atoms with Gasteiger partial charge in [-0.1, -0.05) is 27.2 Å². The molecular formula is C20H31N2O6P. The Bertz CT molecular complexity index is 601. The van der Waals surface area contributed by atoms with Crippen molar-refractivity contribution >= 4 is 31.7 Å². The molecule has 29 heavy (non-hydrogen) atoms. The molecule has 3 aliphatic rings. The fourth-order valence-electron chi connectivity index (χ4n) is 3.85. The zero-order chi connectivity index (χ0) is 20.6. The Morgan fingerprint density at radius 3 is 1.83 bits per heavy atom. The third-order valence-electron chi connectivity index (χ3n) is 5.30. The molecule has 1 saturated carbocycles. The quantitative estimate of drug-likeness (QED) is 0.415. The lowest BCUT2D eigenvalue weighted by Gasteiger charge is -2.30. The molecule has 0 spiro atoms. The van der Waals surface area contributed by atoms with E-state index < -0.39 is 20.0 Å². The second-order valence-corrected chi connectivity index (χ2v) is 9.94. The normalized spacial score (nSPS) is 24.5. The van der Waals surface area contributed by atoms with Crippen molar-refractivity contribution in [1.82, 2.24) is 0 Å². The minimum atomic E-state index is -0.554. The van der Waals surface area contributed by atoms with Crippen molar-refractivity contribution in [2.45, 2.75) is 63.7 Å². The van der Waals surface area contributed by atoms with Gasteiger partial charge in [-0.2, -0.15) is 0 Å². The van der Waals surface area contributed by atoms with Gasteiger partial charge in [-0.05, 0) is 32.3 Å². The molecule has 0 bridgehead atoms. The Hall–Kier alpha value is -1.69. The zero-order valence-electron chi connectivity index (χ0n) is 17.3. The number of esters is 2. The van der Waals surface area contributed by atoms with Crippen LogP contribution in [0.4, 0.5) is 0 Å². The van der Waals surface area contributed by atoms with E-state index in [1.165, 1.54) is 32.1 Å². The molecule has 3 rings (SSSR count). The van der Waals surface area contributed by atoms with Crippen LogP contribution < -0.4 is 0 Å². The molecule has 0 amide bonds. The van der Waals surface area contributed by atoms with Crippen molar-refractivity contribution in [3.63, 3.8) is 0 Å². The van der Waals surface area contributed by atoms with E-state index in [1.807, 2.05) is 0 Å². The van der Waals surface area contributed by atoms with Crippen LogP contribution in [0.2, 0.25) is 0 Å². The third kappa shape index (κ3) is 6.14. The van der Waals surface area contributed by atoms with E-state index in [0.29, 0.717) is 43.0 Å². The molecule has 0 aromatic rings. The van der Waals surface area contributed by atoms with Gasteiger partial charge in [0.2, 0.25) is 0 Å². The maximum Gasteiger partial charge on any atom is 0.334 e. The maximum absolute atomic E-state index is 11.9. The molecule has 0 aromatic carbocycles. The molecule has 2 aliphatic heterocycles. The number of ether oxygens (including phenoxy) is 4. The van der Waals surface area contributed by atoms with Gasteiger partial charge in [0.15, 0.2) is 23.9 Å². The lowest BCUT2D eigenvalue weighted by Crippen LogP contribution is -2.22. The largest absolute Gasteiger partial charge is 0.478 e. The van der Waals surface area contributed by atoms with E-state index in [9.17, 15) is 9.59 Å². The van der Waals surface area contributed by atoms with Crippen LogP contribution in [-0.2, 0) is 28.5 Å². The fourth-order valence-corrected chi connectivity index (χ4v) is 6.61. The van der Waals surface area contributed by atoms with Crippen molar-refractivity contribution in [3.8, 4) is 0 Å². The smallest absolute Gasteiger partial charge is 0.334 e. The van der Waals surface area contributed by atoms with Crippen LogP contribution in [0.3, 0.4) is 0 Å². The summed E-state index contributed by atoms with van der Waals surface area (Å²) in [7, 11) is -0.509. The van der Waals surface area contributed by atoms with Crippen LogP contribution >= 0.6 is 7.92 Å². The average Bonchev–Trinajstić information content (AvgIpc) is 3.38. The first kappa shape index (κ1) is 22.0. The molecule has 2 atom stereocenters. The highest BCUT2D eigenvalue weighted by atomic mass is 31.1. The minimum absolute atomic E-state index is 0.254. The summed E-state index contributed by atoms with van der Waals surface area (Å²) in [4.78, 5) is 32.8. The number of carbonyl (C=O) groups excluding carboxylic acids is 2. The molecule has 1 aliphatic carbocycles. The number of carbonyl (C=O) groups is 2. The standard InChI is InChI=1S/C20H31N2O6P/c1-3-25-19(23)15-10-27-17(21-15)12-29(14-8-6-5-7-9-14)13-18-22-16(11-28-18)20(24)26-4-2/h14-16H,3-13H2,1-2H3/t15-,16-/m0/s1. The molecule has 0 N–H and O–H groups in total. The Morgan fingerprint density at radius 1 is 0.897 bits per heavy atom. The average molecular weight is 426 g/mol. The number of aliphatic imine (C=N–C) groups is 2. The van der Waals surface area contributed by atoms with Gasteiger partial charge >= 0.3 is 11.9 Å².